The number of guanidine groups is 1. The van der Waals surface area contributed by atoms with E-state index < -0.39 is 0 Å². The molecule has 0 radical (unpaired) electrons. The molecule has 3 rings (SSSR count). The Kier molecular flexibility index (Phi) is 7.66. The lowest BCUT2D eigenvalue weighted by molar-refractivity contribution is 0.0977. The van der Waals surface area contributed by atoms with E-state index in [0.717, 1.165) is 11.3 Å². The van der Waals surface area contributed by atoms with Crippen molar-refractivity contribution in [3.05, 3.63) is 83.7 Å². The second-order valence-corrected chi connectivity index (χ2v) is 8.46. The van der Waals surface area contributed by atoms with Crippen LogP contribution in [0.5, 0.6) is 11.5 Å². The number of carbonyl (C=O) groups is 1. The molecule has 1 amide bonds. The van der Waals surface area contributed by atoms with E-state index in [1.807, 2.05) is 48.5 Å². The van der Waals surface area contributed by atoms with Gasteiger partial charge in [-0.05, 0) is 47.4 Å². The van der Waals surface area contributed by atoms with Crippen LogP contribution < -0.4 is 20.1 Å². The van der Waals surface area contributed by atoms with Crippen molar-refractivity contribution in [2.45, 2.75) is 32.7 Å². The number of rotatable bonds is 6. The molecule has 2 aromatic carbocycles. The average Bonchev–Trinajstić information content (AvgIpc) is 2.82. The van der Waals surface area contributed by atoms with E-state index in [9.17, 15) is 4.79 Å². The van der Waals surface area contributed by atoms with E-state index in [4.69, 9.17) is 9.47 Å². The largest absolute Gasteiger partial charge is 0.493 e. The minimum Gasteiger partial charge on any atom is -0.493 e. The molecule has 1 heterocycles. The molecule has 0 spiro atoms. The van der Waals surface area contributed by atoms with Gasteiger partial charge in [-0.25, -0.2) is 4.99 Å². The van der Waals surface area contributed by atoms with Gasteiger partial charge in [0.25, 0.3) is 5.91 Å². The third kappa shape index (κ3) is 6.55. The van der Waals surface area contributed by atoms with Crippen LogP contribution in [0.1, 0.15) is 42.4 Å². The smallest absolute Gasteiger partial charge is 0.257 e. The van der Waals surface area contributed by atoms with Gasteiger partial charge in [-0.1, -0.05) is 39.0 Å². The second kappa shape index (κ2) is 10.6. The van der Waals surface area contributed by atoms with E-state index in [0.29, 0.717) is 35.3 Å². The molecule has 7 heteroatoms. The Bertz CT molecular complexity index is 1100. The lowest BCUT2D eigenvalue weighted by atomic mass is 9.87. The van der Waals surface area contributed by atoms with Gasteiger partial charge in [0, 0.05) is 23.5 Å². The lowest BCUT2D eigenvalue weighted by Gasteiger charge is -2.19. The summed E-state index contributed by atoms with van der Waals surface area (Å²) >= 11 is 0. The maximum absolute atomic E-state index is 12.9. The van der Waals surface area contributed by atoms with Crippen molar-refractivity contribution in [1.82, 2.24) is 10.3 Å². The zero-order valence-corrected chi connectivity index (χ0v) is 19.7. The maximum Gasteiger partial charge on any atom is 0.257 e. The van der Waals surface area contributed by atoms with Crippen LogP contribution in [0.3, 0.4) is 0 Å². The Morgan fingerprint density at radius 3 is 2.30 bits per heavy atom. The summed E-state index contributed by atoms with van der Waals surface area (Å²) in [6.45, 7) is 6.71. The Morgan fingerprint density at radius 2 is 1.70 bits per heavy atom. The summed E-state index contributed by atoms with van der Waals surface area (Å²) in [5.74, 6) is 1.22. The molecule has 172 valence electrons. The van der Waals surface area contributed by atoms with Crippen LogP contribution in [0, 0.1) is 0 Å². The molecule has 0 unspecified atom stereocenters. The molecule has 0 atom stereocenters. The normalized spacial score (nSPS) is 11.6. The van der Waals surface area contributed by atoms with Crippen LogP contribution in [-0.4, -0.2) is 31.1 Å². The number of carbonyl (C=O) groups excluding carboxylic acids is 1. The van der Waals surface area contributed by atoms with Gasteiger partial charge in [0.15, 0.2) is 11.5 Å². The fourth-order valence-corrected chi connectivity index (χ4v) is 3.11. The van der Waals surface area contributed by atoms with Gasteiger partial charge in [0.1, 0.15) is 0 Å². The molecule has 0 aliphatic carbocycles. The van der Waals surface area contributed by atoms with Crippen molar-refractivity contribution < 1.29 is 14.3 Å². The molecule has 0 fully saturated rings. The van der Waals surface area contributed by atoms with Crippen molar-refractivity contribution in [3.63, 3.8) is 0 Å². The highest BCUT2D eigenvalue weighted by Gasteiger charge is 2.15. The number of amides is 1. The first-order valence-electron chi connectivity index (χ1n) is 10.7. The number of pyridine rings is 1. The average molecular weight is 447 g/mol. The standard InChI is InChI=1S/C26H30N4O3/c1-26(2,3)19-11-9-18(10-12-19)24(31)30-25(28-17-21-8-6-7-15-27-21)29-20-13-14-22(32-4)23(16-20)33-5/h6-16H,17H2,1-5H3,(H2,28,29,30,31). The number of nitrogens with one attached hydrogen (secondary N) is 2. The molecule has 1 aromatic heterocycles. The molecular formula is C26H30N4O3. The van der Waals surface area contributed by atoms with E-state index in [2.05, 4.69) is 41.4 Å². The van der Waals surface area contributed by atoms with Crippen molar-refractivity contribution in [2.24, 2.45) is 4.99 Å². The Balaban J connectivity index is 1.83. The molecule has 2 N–H and O–H groups in total. The topological polar surface area (TPSA) is 84.8 Å². The molecule has 7 nitrogen and oxygen atoms in total. The summed E-state index contributed by atoms with van der Waals surface area (Å²) in [6.07, 6.45) is 1.71. The minimum absolute atomic E-state index is 0.0132. The number of nitrogens with zero attached hydrogens (tertiary/aromatic N) is 2. The Morgan fingerprint density at radius 1 is 0.970 bits per heavy atom. The molecule has 0 aliphatic heterocycles. The number of benzene rings is 2. The summed E-state index contributed by atoms with van der Waals surface area (Å²) < 4.78 is 10.7. The zero-order chi connectivity index (χ0) is 23.8. The summed E-state index contributed by atoms with van der Waals surface area (Å²) in [6, 6.07) is 18.6. The third-order valence-corrected chi connectivity index (χ3v) is 5.02. The molecule has 0 bridgehead atoms. The van der Waals surface area contributed by atoms with Gasteiger partial charge in [-0.3, -0.25) is 15.1 Å². The number of aromatic nitrogens is 1. The first-order valence-corrected chi connectivity index (χ1v) is 10.7. The van der Waals surface area contributed by atoms with Gasteiger partial charge in [-0.2, -0.15) is 0 Å². The highest BCUT2D eigenvalue weighted by molar-refractivity contribution is 6.10. The predicted octanol–water partition coefficient (Wildman–Crippen LogP) is 4.79. The summed E-state index contributed by atoms with van der Waals surface area (Å²) in [4.78, 5) is 21.8. The molecule has 3 aromatic rings. The molecule has 0 saturated heterocycles. The van der Waals surface area contributed by atoms with Crippen LogP contribution in [0.25, 0.3) is 0 Å². The van der Waals surface area contributed by atoms with Crippen molar-refractivity contribution in [3.8, 4) is 11.5 Å². The van der Waals surface area contributed by atoms with Gasteiger partial charge < -0.3 is 14.8 Å². The predicted molar refractivity (Wildman–Crippen MR) is 131 cm³/mol. The van der Waals surface area contributed by atoms with E-state index >= 15 is 0 Å². The monoisotopic (exact) mass is 446 g/mol. The SMILES string of the molecule is COc1ccc(NC(=NCc2ccccn2)NC(=O)c2ccc(C(C)(C)C)cc2)cc1OC. The third-order valence-electron chi connectivity index (χ3n) is 5.02. The minimum atomic E-state index is -0.261. The zero-order valence-electron chi connectivity index (χ0n) is 19.7. The second-order valence-electron chi connectivity index (χ2n) is 8.46. The van der Waals surface area contributed by atoms with Crippen molar-refractivity contribution >= 4 is 17.6 Å². The first-order chi connectivity index (χ1) is 15.8. The van der Waals surface area contributed by atoms with Crippen LogP contribution in [0.4, 0.5) is 5.69 Å². The Hall–Kier alpha value is -3.87. The van der Waals surface area contributed by atoms with E-state index in [1.165, 1.54) is 0 Å². The lowest BCUT2D eigenvalue weighted by Crippen LogP contribution is -2.36. The number of aliphatic imine (C=N–C) groups is 1. The summed E-state index contributed by atoms with van der Waals surface area (Å²) in [5.41, 5.74) is 3.19. The number of hydrogen-bond donors (Lipinski definition) is 2. The van der Waals surface area contributed by atoms with Gasteiger partial charge in [0.05, 0.1) is 26.5 Å². The quantitative estimate of drug-likeness (QED) is 0.420. The number of ether oxygens (including phenoxy) is 2. The van der Waals surface area contributed by atoms with Crippen molar-refractivity contribution in [1.29, 1.82) is 0 Å². The highest BCUT2D eigenvalue weighted by atomic mass is 16.5. The first kappa shape index (κ1) is 23.8. The number of anilines is 1. The Labute approximate surface area is 194 Å². The van der Waals surface area contributed by atoms with Crippen LogP contribution in [-0.2, 0) is 12.0 Å². The van der Waals surface area contributed by atoms with E-state index in [-0.39, 0.29) is 11.3 Å². The fourth-order valence-electron chi connectivity index (χ4n) is 3.11. The molecule has 0 saturated carbocycles. The number of methoxy groups -OCH3 is 2. The highest BCUT2D eigenvalue weighted by Crippen LogP contribution is 2.29. The maximum atomic E-state index is 12.9. The van der Waals surface area contributed by atoms with Crippen LogP contribution >= 0.6 is 0 Å². The number of hydrogen-bond acceptors (Lipinski definition) is 5. The van der Waals surface area contributed by atoms with E-state index in [1.54, 1.807) is 32.5 Å². The van der Waals surface area contributed by atoms with Gasteiger partial charge >= 0.3 is 0 Å². The van der Waals surface area contributed by atoms with Gasteiger partial charge in [0.2, 0.25) is 5.96 Å². The summed E-state index contributed by atoms with van der Waals surface area (Å²) in [5, 5.41) is 6.04. The van der Waals surface area contributed by atoms with Crippen LogP contribution in [0.2, 0.25) is 0 Å². The summed E-state index contributed by atoms with van der Waals surface area (Å²) in [7, 11) is 3.15. The molecular weight excluding hydrogens is 416 g/mol. The van der Waals surface area contributed by atoms with Gasteiger partial charge in [-0.15, -0.1) is 0 Å². The van der Waals surface area contributed by atoms with Crippen molar-refractivity contribution in [2.75, 3.05) is 19.5 Å². The van der Waals surface area contributed by atoms with Crippen LogP contribution in [0.15, 0.2) is 71.9 Å². The molecule has 0 aliphatic rings. The fraction of sp³-hybridized carbons (Fsp3) is 0.269. The molecule has 33 heavy (non-hydrogen) atoms.